The number of carbonyl (C=O) groups is 1. The van der Waals surface area contributed by atoms with E-state index in [2.05, 4.69) is 9.97 Å². The molecule has 74 valence electrons. The van der Waals surface area contributed by atoms with Gasteiger partial charge < -0.3 is 17.2 Å². The summed E-state index contributed by atoms with van der Waals surface area (Å²) in [6.45, 7) is 4.05. The van der Waals surface area contributed by atoms with Gasteiger partial charge in [0.05, 0.1) is 0 Å². The largest absolute Gasteiger partial charge is 1.00 e. The summed E-state index contributed by atoms with van der Waals surface area (Å²) in [6, 6.07) is 0. The predicted octanol–water partition coefficient (Wildman–Crippen LogP) is -1.87. The maximum Gasteiger partial charge on any atom is 0.313 e. The molecule has 0 saturated carbocycles. The third kappa shape index (κ3) is 3.83. The quantitative estimate of drug-likeness (QED) is 0.367. The highest BCUT2D eigenvalue weighted by molar-refractivity contribution is 7.99. The molecule has 0 aliphatic rings. The van der Waals surface area contributed by atoms with E-state index >= 15 is 0 Å². The first kappa shape index (κ1) is 12.5. The molecule has 0 spiro atoms. The van der Waals surface area contributed by atoms with Crippen molar-refractivity contribution in [2.45, 2.75) is 25.4 Å². The van der Waals surface area contributed by atoms with Crippen LogP contribution in [0.2, 0.25) is 0 Å². The van der Waals surface area contributed by atoms with Gasteiger partial charge in [-0.25, -0.2) is 9.97 Å². The average molecular weight is 221 g/mol. The van der Waals surface area contributed by atoms with Crippen molar-refractivity contribution in [2.24, 2.45) is 0 Å². The molecule has 1 aromatic heterocycles. The van der Waals surface area contributed by atoms with Gasteiger partial charge in [0, 0.05) is 26.0 Å². The predicted molar refractivity (Wildman–Crippen MR) is 48.2 cm³/mol. The van der Waals surface area contributed by atoms with E-state index in [-0.39, 0.29) is 12.4 Å². The van der Waals surface area contributed by atoms with Gasteiger partial charge in [0.15, 0.2) is 0 Å². The Morgan fingerprint density at radius 3 is 2.69 bits per heavy atom. The maximum atomic E-state index is 10.0. The number of nitrogens with one attached hydrogen (secondary N) is 2. The number of halogens is 1. The van der Waals surface area contributed by atoms with Crippen molar-refractivity contribution in [2.75, 3.05) is 5.75 Å². The molecule has 0 atom stereocenters. The highest BCUT2D eigenvalue weighted by Gasteiger charge is 2.08. The standard InChI is InChI=1S/C8H12N2OS.ClH/c1-6-7(2)10-8(9-6)12-5-3-4-11;/h4H,3,5H2,1-2H3,(H,9,10);1H. The molecule has 0 radical (unpaired) electrons. The molecule has 1 rings (SSSR count). The Kier molecular flexibility index (Phi) is 5.82. The molecular formula is C8H13ClN2OS. The van der Waals surface area contributed by atoms with Gasteiger partial charge in [0.2, 0.25) is 0 Å². The number of aromatic amines is 2. The molecular weight excluding hydrogens is 208 g/mol. The number of aromatic nitrogens is 2. The summed E-state index contributed by atoms with van der Waals surface area (Å²) in [4.78, 5) is 16.4. The molecule has 1 aromatic rings. The number of H-pyrrole nitrogens is 2. The number of rotatable bonds is 4. The molecule has 0 saturated heterocycles. The molecule has 13 heavy (non-hydrogen) atoms. The first-order valence-corrected chi connectivity index (χ1v) is 4.87. The molecule has 2 N–H and O–H groups in total. The number of aryl methyl sites for hydroxylation is 2. The second kappa shape index (κ2) is 6.05. The Labute approximate surface area is 88.1 Å². The summed E-state index contributed by atoms with van der Waals surface area (Å²) < 4.78 is 0. The first-order chi connectivity index (χ1) is 5.74. The van der Waals surface area contributed by atoms with Crippen molar-refractivity contribution in [3.63, 3.8) is 0 Å². The van der Waals surface area contributed by atoms with Crippen LogP contribution in [0, 0.1) is 13.8 Å². The third-order valence-electron chi connectivity index (χ3n) is 1.65. The molecule has 0 aromatic carbocycles. The third-order valence-corrected chi connectivity index (χ3v) is 2.58. The van der Waals surface area contributed by atoms with Crippen LogP contribution in [0.1, 0.15) is 17.8 Å². The number of hydrogen-bond donors (Lipinski definition) is 1. The number of aldehydes is 1. The van der Waals surface area contributed by atoms with E-state index in [1.807, 2.05) is 13.8 Å². The van der Waals surface area contributed by atoms with Crippen LogP contribution >= 0.6 is 11.8 Å². The van der Waals surface area contributed by atoms with Crippen LogP contribution in [0.25, 0.3) is 0 Å². The molecule has 3 nitrogen and oxygen atoms in total. The van der Waals surface area contributed by atoms with Gasteiger partial charge in [-0.2, -0.15) is 0 Å². The van der Waals surface area contributed by atoms with Gasteiger partial charge in [-0.05, 0) is 11.8 Å². The van der Waals surface area contributed by atoms with Gasteiger partial charge in [0.1, 0.15) is 17.7 Å². The average Bonchev–Trinajstić information content (AvgIpc) is 2.32. The van der Waals surface area contributed by atoms with Crippen LogP contribution in [0.4, 0.5) is 0 Å². The van der Waals surface area contributed by atoms with Crippen LogP contribution < -0.4 is 17.4 Å². The Morgan fingerprint density at radius 2 is 2.23 bits per heavy atom. The molecule has 5 heteroatoms. The minimum Gasteiger partial charge on any atom is -1.00 e. The fraction of sp³-hybridized carbons (Fsp3) is 0.500. The van der Waals surface area contributed by atoms with Gasteiger partial charge in [-0.15, -0.1) is 0 Å². The SMILES string of the molecule is Cc1[nH]c(SCCC=O)[nH+]c1C.[Cl-]. The fourth-order valence-corrected chi connectivity index (χ4v) is 1.71. The zero-order chi connectivity index (χ0) is 8.97. The number of thioether (sulfide) groups is 1. The van der Waals surface area contributed by atoms with Gasteiger partial charge >= 0.3 is 5.16 Å². The zero-order valence-electron chi connectivity index (χ0n) is 7.69. The monoisotopic (exact) mass is 220 g/mol. The molecule has 0 bridgehead atoms. The van der Waals surface area contributed by atoms with E-state index in [9.17, 15) is 4.79 Å². The van der Waals surface area contributed by atoms with Crippen LogP contribution in [-0.2, 0) is 4.79 Å². The molecule has 0 aliphatic heterocycles. The van der Waals surface area contributed by atoms with Crippen LogP contribution in [-0.4, -0.2) is 17.0 Å². The van der Waals surface area contributed by atoms with Crippen molar-refractivity contribution in [1.82, 2.24) is 4.98 Å². The topological polar surface area (TPSA) is 47.0 Å². The molecule has 1 heterocycles. The van der Waals surface area contributed by atoms with Crippen LogP contribution in [0.15, 0.2) is 5.16 Å². The van der Waals surface area contributed by atoms with Crippen molar-refractivity contribution >= 4 is 18.0 Å². The van der Waals surface area contributed by atoms with E-state index in [4.69, 9.17) is 0 Å². The minimum atomic E-state index is 0. The normalized spacial score (nSPS) is 9.38. The zero-order valence-corrected chi connectivity index (χ0v) is 9.26. The second-order valence-corrected chi connectivity index (χ2v) is 3.74. The Balaban J connectivity index is 0.00000144. The molecule has 0 amide bonds. The lowest BCUT2D eigenvalue weighted by Crippen LogP contribution is -3.00. The maximum absolute atomic E-state index is 10.0. The highest BCUT2D eigenvalue weighted by atomic mass is 35.5. The first-order valence-electron chi connectivity index (χ1n) is 3.89. The summed E-state index contributed by atoms with van der Waals surface area (Å²) in [6.07, 6.45) is 1.55. The smallest absolute Gasteiger partial charge is 0.313 e. The van der Waals surface area contributed by atoms with Crippen molar-refractivity contribution < 1.29 is 22.2 Å². The van der Waals surface area contributed by atoms with E-state index < -0.39 is 0 Å². The number of hydrogen-bond acceptors (Lipinski definition) is 2. The molecule has 0 fully saturated rings. The van der Waals surface area contributed by atoms with Gasteiger partial charge in [0.25, 0.3) is 0 Å². The summed E-state index contributed by atoms with van der Waals surface area (Å²) in [5.41, 5.74) is 2.31. The lowest BCUT2D eigenvalue weighted by Gasteiger charge is -1.85. The van der Waals surface area contributed by atoms with E-state index in [0.717, 1.165) is 28.6 Å². The summed E-state index contributed by atoms with van der Waals surface area (Å²) >= 11 is 1.64. The summed E-state index contributed by atoms with van der Waals surface area (Å²) in [5.74, 6) is 0.833. The van der Waals surface area contributed by atoms with Crippen LogP contribution in [0.3, 0.4) is 0 Å². The Morgan fingerprint density at radius 1 is 1.54 bits per heavy atom. The highest BCUT2D eigenvalue weighted by Crippen LogP contribution is 2.12. The second-order valence-electron chi connectivity index (χ2n) is 2.63. The molecule has 0 aliphatic carbocycles. The van der Waals surface area contributed by atoms with Gasteiger partial charge in [-0.1, -0.05) is 0 Å². The van der Waals surface area contributed by atoms with E-state index in [1.165, 1.54) is 0 Å². The lowest BCUT2D eigenvalue weighted by molar-refractivity contribution is -0.433. The van der Waals surface area contributed by atoms with Crippen molar-refractivity contribution in [3.05, 3.63) is 11.4 Å². The van der Waals surface area contributed by atoms with E-state index in [0.29, 0.717) is 6.42 Å². The summed E-state index contributed by atoms with van der Waals surface area (Å²) in [5, 5.41) is 1.03. The Bertz CT molecular complexity index is 256. The van der Waals surface area contributed by atoms with Gasteiger partial charge in [-0.3, -0.25) is 0 Å². The minimum absolute atomic E-state index is 0. The van der Waals surface area contributed by atoms with Crippen molar-refractivity contribution in [1.29, 1.82) is 0 Å². The number of carbonyl (C=O) groups excluding carboxylic acids is 1. The fourth-order valence-electron chi connectivity index (χ4n) is 0.841. The lowest BCUT2D eigenvalue weighted by atomic mass is 10.4. The molecule has 0 unspecified atom stereocenters. The van der Waals surface area contributed by atoms with Crippen molar-refractivity contribution in [3.8, 4) is 0 Å². The Hall–Kier alpha value is -0.480. The van der Waals surface area contributed by atoms with Crippen LogP contribution in [0.5, 0.6) is 0 Å². The van der Waals surface area contributed by atoms with E-state index in [1.54, 1.807) is 11.8 Å². The number of imidazole rings is 1. The summed E-state index contributed by atoms with van der Waals surface area (Å²) in [7, 11) is 0.